The summed E-state index contributed by atoms with van der Waals surface area (Å²) in [5.41, 5.74) is 0.736. The van der Waals surface area contributed by atoms with Gasteiger partial charge in [0.15, 0.2) is 5.75 Å². The molecule has 122 valence electrons. The summed E-state index contributed by atoms with van der Waals surface area (Å²) in [6.07, 6.45) is 3.67. The maximum Gasteiger partial charge on any atom is 0.272 e. The quantitative estimate of drug-likeness (QED) is 0.936. The second-order valence-electron chi connectivity index (χ2n) is 5.21. The SMILES string of the molecule is CN1N=C(C(=O)Nc2cnccc2Oc2ccccc2)CCC1=O. The van der Waals surface area contributed by atoms with Crippen LogP contribution in [0.25, 0.3) is 0 Å². The fraction of sp³-hybridized carbons (Fsp3) is 0.176. The molecule has 24 heavy (non-hydrogen) atoms. The molecule has 0 saturated heterocycles. The van der Waals surface area contributed by atoms with Gasteiger partial charge in [0, 0.05) is 32.2 Å². The van der Waals surface area contributed by atoms with E-state index in [2.05, 4.69) is 15.4 Å². The van der Waals surface area contributed by atoms with Gasteiger partial charge < -0.3 is 10.1 Å². The number of carbonyl (C=O) groups is 2. The minimum atomic E-state index is -0.375. The monoisotopic (exact) mass is 324 g/mol. The summed E-state index contributed by atoms with van der Waals surface area (Å²) < 4.78 is 5.78. The molecule has 0 spiro atoms. The van der Waals surface area contributed by atoms with Crippen LogP contribution in [0.3, 0.4) is 0 Å². The lowest BCUT2D eigenvalue weighted by molar-refractivity contribution is -0.130. The van der Waals surface area contributed by atoms with E-state index in [0.29, 0.717) is 29.3 Å². The molecular formula is C17H16N4O3. The summed E-state index contributed by atoms with van der Waals surface area (Å²) in [6, 6.07) is 10.9. The van der Waals surface area contributed by atoms with E-state index >= 15 is 0 Å². The summed E-state index contributed by atoms with van der Waals surface area (Å²) in [4.78, 5) is 27.8. The highest BCUT2D eigenvalue weighted by Gasteiger charge is 2.22. The van der Waals surface area contributed by atoms with Gasteiger partial charge in [0.2, 0.25) is 5.91 Å². The van der Waals surface area contributed by atoms with Crippen LogP contribution in [0.15, 0.2) is 53.9 Å². The number of carbonyl (C=O) groups excluding carboxylic acids is 2. The van der Waals surface area contributed by atoms with Gasteiger partial charge in [-0.3, -0.25) is 14.6 Å². The molecule has 0 radical (unpaired) electrons. The number of anilines is 1. The van der Waals surface area contributed by atoms with Gasteiger partial charge in [-0.2, -0.15) is 5.10 Å². The fourth-order valence-electron chi connectivity index (χ4n) is 2.21. The fourth-order valence-corrected chi connectivity index (χ4v) is 2.21. The number of hydrazone groups is 1. The second-order valence-corrected chi connectivity index (χ2v) is 5.21. The molecule has 0 saturated carbocycles. The molecule has 0 unspecified atom stereocenters. The molecule has 1 aromatic carbocycles. The Morgan fingerprint density at radius 3 is 2.75 bits per heavy atom. The number of aromatic nitrogens is 1. The van der Waals surface area contributed by atoms with Crippen molar-refractivity contribution in [3.63, 3.8) is 0 Å². The largest absolute Gasteiger partial charge is 0.455 e. The molecular weight excluding hydrogens is 308 g/mol. The first-order valence-corrected chi connectivity index (χ1v) is 7.46. The lowest BCUT2D eigenvalue weighted by atomic mass is 10.1. The van der Waals surface area contributed by atoms with Gasteiger partial charge in [-0.25, -0.2) is 5.01 Å². The molecule has 0 atom stereocenters. The molecule has 0 fully saturated rings. The normalized spacial score (nSPS) is 14.1. The van der Waals surface area contributed by atoms with Crippen LogP contribution in [-0.2, 0) is 9.59 Å². The minimum absolute atomic E-state index is 0.110. The molecule has 2 heterocycles. The van der Waals surface area contributed by atoms with Crippen molar-refractivity contribution in [1.82, 2.24) is 9.99 Å². The van der Waals surface area contributed by atoms with Crippen LogP contribution in [0.4, 0.5) is 5.69 Å². The van der Waals surface area contributed by atoms with Gasteiger partial charge in [-0.15, -0.1) is 0 Å². The van der Waals surface area contributed by atoms with E-state index in [0.717, 1.165) is 0 Å². The Kier molecular flexibility index (Phi) is 4.51. The Morgan fingerprint density at radius 1 is 1.21 bits per heavy atom. The Hall–Kier alpha value is -3.22. The molecule has 1 aliphatic heterocycles. The first kappa shape index (κ1) is 15.7. The maximum absolute atomic E-state index is 12.4. The summed E-state index contributed by atoms with van der Waals surface area (Å²) in [6.45, 7) is 0. The van der Waals surface area contributed by atoms with Crippen molar-refractivity contribution < 1.29 is 14.3 Å². The topological polar surface area (TPSA) is 83.9 Å². The predicted molar refractivity (Wildman–Crippen MR) is 88.8 cm³/mol. The van der Waals surface area contributed by atoms with Crippen molar-refractivity contribution >= 4 is 23.2 Å². The van der Waals surface area contributed by atoms with Crippen LogP contribution >= 0.6 is 0 Å². The van der Waals surface area contributed by atoms with Crippen molar-refractivity contribution in [2.45, 2.75) is 12.8 Å². The van der Waals surface area contributed by atoms with E-state index in [4.69, 9.17) is 4.74 Å². The number of amides is 2. The van der Waals surface area contributed by atoms with Gasteiger partial charge in [0.1, 0.15) is 17.1 Å². The molecule has 0 bridgehead atoms. The summed E-state index contributed by atoms with van der Waals surface area (Å²) in [7, 11) is 1.53. The number of nitrogens with zero attached hydrogens (tertiary/aromatic N) is 3. The number of pyridine rings is 1. The standard InChI is InChI=1S/C17H16N4O3/c1-21-16(22)8-7-13(20-21)17(23)19-14-11-18-10-9-15(14)24-12-5-3-2-4-6-12/h2-6,9-11H,7-8H2,1H3,(H,19,23). The van der Waals surface area contributed by atoms with Crippen molar-refractivity contribution in [2.75, 3.05) is 12.4 Å². The van der Waals surface area contributed by atoms with Crippen molar-refractivity contribution in [2.24, 2.45) is 5.10 Å². The number of hydrogen-bond acceptors (Lipinski definition) is 5. The Morgan fingerprint density at radius 2 is 2.00 bits per heavy atom. The zero-order chi connectivity index (χ0) is 16.9. The zero-order valence-corrected chi connectivity index (χ0v) is 13.1. The Balaban J connectivity index is 1.77. The van der Waals surface area contributed by atoms with Crippen LogP contribution in [0.1, 0.15) is 12.8 Å². The third-order valence-electron chi connectivity index (χ3n) is 3.47. The second kappa shape index (κ2) is 6.91. The van der Waals surface area contributed by atoms with Crippen LogP contribution in [-0.4, -0.2) is 34.6 Å². The van der Waals surface area contributed by atoms with Crippen molar-refractivity contribution in [3.05, 3.63) is 48.8 Å². The number of ether oxygens (including phenoxy) is 1. The summed E-state index contributed by atoms with van der Waals surface area (Å²) in [5, 5.41) is 7.92. The average Bonchev–Trinajstić information content (AvgIpc) is 2.60. The van der Waals surface area contributed by atoms with Gasteiger partial charge in [0.05, 0.1) is 6.20 Å². The van der Waals surface area contributed by atoms with Crippen molar-refractivity contribution in [1.29, 1.82) is 0 Å². The predicted octanol–water partition coefficient (Wildman–Crippen LogP) is 2.42. The third kappa shape index (κ3) is 3.57. The van der Waals surface area contributed by atoms with Gasteiger partial charge in [0.25, 0.3) is 5.91 Å². The van der Waals surface area contributed by atoms with E-state index < -0.39 is 0 Å². The maximum atomic E-state index is 12.4. The van der Waals surface area contributed by atoms with Crippen LogP contribution in [0.2, 0.25) is 0 Å². The Labute approximate surface area is 139 Å². The molecule has 2 amide bonds. The molecule has 7 heteroatoms. The van der Waals surface area contributed by atoms with E-state index in [-0.39, 0.29) is 18.2 Å². The number of hydrogen-bond donors (Lipinski definition) is 1. The summed E-state index contributed by atoms with van der Waals surface area (Å²) >= 11 is 0. The molecule has 3 rings (SSSR count). The van der Waals surface area contributed by atoms with Crippen LogP contribution < -0.4 is 10.1 Å². The average molecular weight is 324 g/mol. The molecule has 1 aromatic heterocycles. The molecule has 0 aliphatic carbocycles. The minimum Gasteiger partial charge on any atom is -0.455 e. The van der Waals surface area contributed by atoms with E-state index in [1.54, 1.807) is 12.3 Å². The molecule has 1 aliphatic rings. The van der Waals surface area contributed by atoms with Gasteiger partial charge in [-0.1, -0.05) is 18.2 Å². The number of para-hydroxylation sites is 1. The first-order valence-electron chi connectivity index (χ1n) is 7.46. The number of benzene rings is 1. The lowest BCUT2D eigenvalue weighted by Crippen LogP contribution is -2.34. The van der Waals surface area contributed by atoms with Gasteiger partial charge in [-0.05, 0) is 12.1 Å². The van der Waals surface area contributed by atoms with Gasteiger partial charge >= 0.3 is 0 Å². The third-order valence-corrected chi connectivity index (χ3v) is 3.47. The van der Waals surface area contributed by atoms with Crippen molar-refractivity contribution in [3.8, 4) is 11.5 Å². The molecule has 2 aromatic rings. The molecule has 1 N–H and O–H groups in total. The highest BCUT2D eigenvalue weighted by atomic mass is 16.5. The van der Waals surface area contributed by atoms with E-state index in [1.165, 1.54) is 18.3 Å². The number of rotatable bonds is 4. The van der Waals surface area contributed by atoms with E-state index in [9.17, 15) is 9.59 Å². The molecule has 7 nitrogen and oxygen atoms in total. The zero-order valence-electron chi connectivity index (χ0n) is 13.1. The highest BCUT2D eigenvalue weighted by Crippen LogP contribution is 2.28. The smallest absolute Gasteiger partial charge is 0.272 e. The highest BCUT2D eigenvalue weighted by molar-refractivity contribution is 6.43. The number of nitrogens with one attached hydrogen (secondary N) is 1. The van der Waals surface area contributed by atoms with Crippen LogP contribution in [0, 0.1) is 0 Å². The van der Waals surface area contributed by atoms with Crippen LogP contribution in [0.5, 0.6) is 11.5 Å². The lowest BCUT2D eigenvalue weighted by Gasteiger charge is -2.19. The Bertz CT molecular complexity index is 789. The first-order chi connectivity index (χ1) is 11.6. The summed E-state index contributed by atoms with van der Waals surface area (Å²) in [5.74, 6) is 0.645. The van der Waals surface area contributed by atoms with E-state index in [1.807, 2.05) is 30.3 Å².